The second-order valence-corrected chi connectivity index (χ2v) is 7.80. The van der Waals surface area contributed by atoms with Crippen molar-refractivity contribution >= 4 is 21.9 Å². The van der Waals surface area contributed by atoms with Crippen LogP contribution in [0, 0.1) is 0 Å². The SMILES string of the molecule is COC(=O)c1ccccc1N(C)S(=O)(=O)N1CCc2ccccc2C1. The number of esters is 1. The molecule has 1 aliphatic heterocycles. The summed E-state index contributed by atoms with van der Waals surface area (Å²) in [6, 6.07) is 14.4. The Morgan fingerprint density at radius 3 is 2.44 bits per heavy atom. The topological polar surface area (TPSA) is 66.9 Å². The molecule has 132 valence electrons. The van der Waals surface area contributed by atoms with E-state index in [9.17, 15) is 13.2 Å². The Balaban J connectivity index is 1.92. The fourth-order valence-electron chi connectivity index (χ4n) is 3.00. The van der Waals surface area contributed by atoms with Crippen molar-refractivity contribution in [1.29, 1.82) is 0 Å². The van der Waals surface area contributed by atoms with Crippen molar-refractivity contribution in [2.45, 2.75) is 13.0 Å². The molecule has 7 heteroatoms. The maximum absolute atomic E-state index is 13.1. The first kappa shape index (κ1) is 17.4. The molecule has 0 spiro atoms. The van der Waals surface area contributed by atoms with Crippen LogP contribution in [0.4, 0.5) is 5.69 Å². The third kappa shape index (κ3) is 3.25. The minimum atomic E-state index is -3.76. The van der Waals surface area contributed by atoms with Crippen LogP contribution in [0.5, 0.6) is 0 Å². The van der Waals surface area contributed by atoms with E-state index in [2.05, 4.69) is 0 Å². The normalized spacial score (nSPS) is 14.6. The Morgan fingerprint density at radius 1 is 1.08 bits per heavy atom. The van der Waals surface area contributed by atoms with E-state index in [0.29, 0.717) is 25.2 Å². The summed E-state index contributed by atoms with van der Waals surface area (Å²) in [4.78, 5) is 11.9. The Kier molecular flexibility index (Phi) is 4.78. The van der Waals surface area contributed by atoms with Gasteiger partial charge in [0.05, 0.1) is 18.4 Å². The van der Waals surface area contributed by atoms with Crippen molar-refractivity contribution in [1.82, 2.24) is 4.31 Å². The van der Waals surface area contributed by atoms with Crippen LogP contribution in [0.15, 0.2) is 48.5 Å². The first-order chi connectivity index (χ1) is 11.9. The number of ether oxygens (including phenoxy) is 1. The summed E-state index contributed by atoms with van der Waals surface area (Å²) < 4.78 is 33.5. The fourth-order valence-corrected chi connectivity index (χ4v) is 4.37. The quantitative estimate of drug-likeness (QED) is 0.784. The zero-order chi connectivity index (χ0) is 18.0. The van der Waals surface area contributed by atoms with Gasteiger partial charge in [-0.3, -0.25) is 4.31 Å². The second kappa shape index (κ2) is 6.85. The zero-order valence-electron chi connectivity index (χ0n) is 14.2. The molecular formula is C18H20N2O4S. The molecule has 0 aliphatic carbocycles. The van der Waals surface area contributed by atoms with Gasteiger partial charge in [-0.25, -0.2) is 4.79 Å². The molecule has 0 aromatic heterocycles. The minimum absolute atomic E-state index is 0.216. The summed E-state index contributed by atoms with van der Waals surface area (Å²) in [6.07, 6.45) is 0.669. The average molecular weight is 360 g/mol. The van der Waals surface area contributed by atoms with E-state index < -0.39 is 16.2 Å². The van der Waals surface area contributed by atoms with Gasteiger partial charge < -0.3 is 4.74 Å². The monoisotopic (exact) mass is 360 g/mol. The minimum Gasteiger partial charge on any atom is -0.465 e. The van der Waals surface area contributed by atoms with Gasteiger partial charge in [0.1, 0.15) is 0 Å². The standard InChI is InChI=1S/C18H20N2O4S/c1-19(17-10-6-5-9-16(17)18(21)24-2)25(22,23)20-12-11-14-7-3-4-8-15(14)13-20/h3-10H,11-13H2,1-2H3. The highest BCUT2D eigenvalue weighted by Gasteiger charge is 2.32. The molecule has 2 aromatic carbocycles. The number of nitrogens with zero attached hydrogens (tertiary/aromatic N) is 2. The van der Waals surface area contributed by atoms with Crippen LogP contribution < -0.4 is 4.31 Å². The van der Waals surface area contributed by atoms with Crippen molar-refractivity contribution in [2.24, 2.45) is 0 Å². The maximum Gasteiger partial charge on any atom is 0.340 e. The smallest absolute Gasteiger partial charge is 0.340 e. The van der Waals surface area contributed by atoms with Gasteiger partial charge in [-0.2, -0.15) is 12.7 Å². The molecule has 25 heavy (non-hydrogen) atoms. The molecule has 0 unspecified atom stereocenters. The molecule has 0 saturated carbocycles. The lowest BCUT2D eigenvalue weighted by molar-refractivity contribution is 0.0601. The molecular weight excluding hydrogens is 340 g/mol. The molecule has 0 fully saturated rings. The summed E-state index contributed by atoms with van der Waals surface area (Å²) in [6.45, 7) is 0.729. The Bertz CT molecular complexity index is 895. The van der Waals surface area contributed by atoms with Crippen LogP contribution in [0.1, 0.15) is 21.5 Å². The molecule has 1 aliphatic rings. The largest absolute Gasteiger partial charge is 0.465 e. The number of carbonyl (C=O) groups is 1. The highest BCUT2D eigenvalue weighted by molar-refractivity contribution is 7.90. The number of benzene rings is 2. The van der Waals surface area contributed by atoms with Gasteiger partial charge in [0.25, 0.3) is 0 Å². The second-order valence-electron chi connectivity index (χ2n) is 5.84. The average Bonchev–Trinajstić information content (AvgIpc) is 2.66. The Morgan fingerprint density at radius 2 is 1.72 bits per heavy atom. The van der Waals surface area contributed by atoms with Gasteiger partial charge >= 0.3 is 16.2 Å². The molecule has 3 rings (SSSR count). The summed E-state index contributed by atoms with van der Waals surface area (Å²) in [7, 11) is -1.03. The third-order valence-corrected chi connectivity index (χ3v) is 6.27. The number of hydrogen-bond donors (Lipinski definition) is 0. The van der Waals surface area contributed by atoms with E-state index >= 15 is 0 Å². The van der Waals surface area contributed by atoms with Crippen molar-refractivity contribution in [2.75, 3.05) is 25.0 Å². The molecule has 0 radical (unpaired) electrons. The maximum atomic E-state index is 13.1. The molecule has 1 heterocycles. The Hall–Kier alpha value is -2.38. The van der Waals surface area contributed by atoms with Crippen molar-refractivity contribution in [3.8, 4) is 0 Å². The Labute approximate surface area is 147 Å². The predicted molar refractivity (Wildman–Crippen MR) is 95.7 cm³/mol. The third-order valence-electron chi connectivity index (χ3n) is 4.42. The molecule has 6 nitrogen and oxygen atoms in total. The molecule has 0 saturated heterocycles. The molecule has 0 bridgehead atoms. The lowest BCUT2D eigenvalue weighted by atomic mass is 10.0. The molecule has 2 aromatic rings. The van der Waals surface area contributed by atoms with Crippen LogP contribution in [0.2, 0.25) is 0 Å². The number of para-hydroxylation sites is 1. The summed E-state index contributed by atoms with van der Waals surface area (Å²) in [5, 5.41) is 0. The summed E-state index contributed by atoms with van der Waals surface area (Å²) in [5.74, 6) is -0.568. The van der Waals surface area contributed by atoms with Crippen LogP contribution in [-0.4, -0.2) is 39.4 Å². The molecule has 0 amide bonds. The number of hydrogen-bond acceptors (Lipinski definition) is 4. The van der Waals surface area contributed by atoms with Crippen LogP contribution in [0.25, 0.3) is 0 Å². The van der Waals surface area contributed by atoms with E-state index in [4.69, 9.17) is 4.74 Å². The van der Waals surface area contributed by atoms with Gasteiger partial charge in [-0.1, -0.05) is 36.4 Å². The fraction of sp³-hybridized carbons (Fsp3) is 0.278. The van der Waals surface area contributed by atoms with E-state index in [1.54, 1.807) is 24.3 Å². The molecule has 0 N–H and O–H groups in total. The number of methoxy groups -OCH3 is 1. The van der Waals surface area contributed by atoms with Crippen LogP contribution >= 0.6 is 0 Å². The number of carbonyl (C=O) groups excluding carboxylic acids is 1. The van der Waals surface area contributed by atoms with Gasteiger partial charge in [-0.05, 0) is 29.7 Å². The first-order valence-electron chi connectivity index (χ1n) is 7.93. The van der Waals surface area contributed by atoms with Gasteiger partial charge in [-0.15, -0.1) is 0 Å². The van der Waals surface area contributed by atoms with Crippen molar-refractivity contribution < 1.29 is 17.9 Å². The van der Waals surface area contributed by atoms with E-state index in [1.165, 1.54) is 24.0 Å². The lowest BCUT2D eigenvalue weighted by Crippen LogP contribution is -2.44. The van der Waals surface area contributed by atoms with Gasteiger partial charge in [0.2, 0.25) is 0 Å². The van der Waals surface area contributed by atoms with Crippen LogP contribution in [-0.2, 0) is 27.9 Å². The van der Waals surface area contributed by atoms with E-state index in [1.807, 2.05) is 24.3 Å². The van der Waals surface area contributed by atoms with E-state index in [0.717, 1.165) is 9.87 Å². The van der Waals surface area contributed by atoms with Gasteiger partial charge in [0, 0.05) is 20.1 Å². The number of anilines is 1. The number of rotatable bonds is 4. The van der Waals surface area contributed by atoms with Gasteiger partial charge in [0.15, 0.2) is 0 Å². The molecule has 0 atom stereocenters. The first-order valence-corrected chi connectivity index (χ1v) is 9.33. The van der Waals surface area contributed by atoms with Crippen molar-refractivity contribution in [3.05, 3.63) is 65.2 Å². The van der Waals surface area contributed by atoms with E-state index in [-0.39, 0.29) is 5.56 Å². The summed E-state index contributed by atoms with van der Waals surface area (Å²) >= 11 is 0. The number of fused-ring (bicyclic) bond motifs is 1. The van der Waals surface area contributed by atoms with Crippen molar-refractivity contribution in [3.63, 3.8) is 0 Å². The zero-order valence-corrected chi connectivity index (χ0v) is 15.0. The lowest BCUT2D eigenvalue weighted by Gasteiger charge is -2.32. The summed E-state index contributed by atoms with van der Waals surface area (Å²) in [5.41, 5.74) is 2.69. The highest BCUT2D eigenvalue weighted by atomic mass is 32.2. The highest BCUT2D eigenvalue weighted by Crippen LogP contribution is 2.27. The predicted octanol–water partition coefficient (Wildman–Crippen LogP) is 2.21. The van der Waals surface area contributed by atoms with Crippen LogP contribution in [0.3, 0.4) is 0 Å².